The summed E-state index contributed by atoms with van der Waals surface area (Å²) in [6.45, 7) is 1.76. The highest BCUT2D eigenvalue weighted by molar-refractivity contribution is 5.80. The molecule has 0 aliphatic heterocycles. The van der Waals surface area contributed by atoms with E-state index in [1.165, 1.54) is 0 Å². The Morgan fingerprint density at radius 2 is 2.45 bits per heavy atom. The number of nitrogens with zero attached hydrogens (tertiary/aromatic N) is 1. The van der Waals surface area contributed by atoms with Gasteiger partial charge in [0.05, 0.1) is 0 Å². The van der Waals surface area contributed by atoms with Crippen molar-refractivity contribution in [3.8, 4) is 0 Å². The highest BCUT2D eigenvalue weighted by Gasteiger charge is 1.86. The molecular formula is C9H9NO. The first-order chi connectivity index (χ1) is 5.33. The van der Waals surface area contributed by atoms with E-state index in [1.54, 1.807) is 25.4 Å². The van der Waals surface area contributed by atoms with E-state index >= 15 is 0 Å². The van der Waals surface area contributed by atoms with Crippen molar-refractivity contribution in [2.24, 2.45) is 0 Å². The first-order valence-corrected chi connectivity index (χ1v) is 3.36. The first-order valence-electron chi connectivity index (χ1n) is 3.36. The van der Waals surface area contributed by atoms with Crippen LogP contribution in [0.5, 0.6) is 0 Å². The number of rotatable bonds is 2. The van der Waals surface area contributed by atoms with E-state index in [-0.39, 0.29) is 0 Å². The summed E-state index contributed by atoms with van der Waals surface area (Å²) in [5.41, 5.74) is 1.66. The summed E-state index contributed by atoms with van der Waals surface area (Å²) in [7, 11) is 0. The molecule has 0 radical (unpaired) electrons. The molecular weight excluding hydrogens is 138 g/mol. The molecule has 0 saturated carbocycles. The Morgan fingerprint density at radius 1 is 1.64 bits per heavy atom. The molecule has 0 fully saturated rings. The summed E-state index contributed by atoms with van der Waals surface area (Å²) < 4.78 is 0. The Kier molecular flexibility index (Phi) is 2.55. The average Bonchev–Trinajstić information content (AvgIpc) is 2.06. The fourth-order valence-corrected chi connectivity index (χ4v) is 0.758. The van der Waals surface area contributed by atoms with Crippen molar-refractivity contribution in [1.82, 2.24) is 4.98 Å². The molecule has 2 nitrogen and oxygen atoms in total. The van der Waals surface area contributed by atoms with E-state index in [0.717, 1.165) is 11.8 Å². The van der Waals surface area contributed by atoms with E-state index in [2.05, 4.69) is 4.98 Å². The molecule has 0 aromatic carbocycles. The summed E-state index contributed by atoms with van der Waals surface area (Å²) in [6, 6.07) is 3.74. The highest BCUT2D eigenvalue weighted by atomic mass is 16.1. The van der Waals surface area contributed by atoms with Crippen LogP contribution >= 0.6 is 0 Å². The molecule has 0 aliphatic rings. The predicted octanol–water partition coefficient (Wildman–Crippen LogP) is 1.68. The van der Waals surface area contributed by atoms with Gasteiger partial charge in [-0.25, -0.2) is 0 Å². The fraction of sp³-hybridized carbons (Fsp3) is 0.111. The molecule has 56 valence electrons. The van der Waals surface area contributed by atoms with Crippen LogP contribution in [-0.2, 0) is 4.79 Å². The van der Waals surface area contributed by atoms with Crippen molar-refractivity contribution in [3.05, 3.63) is 35.7 Å². The van der Waals surface area contributed by atoms with E-state index in [4.69, 9.17) is 0 Å². The lowest BCUT2D eigenvalue weighted by molar-refractivity contribution is -0.104. The summed E-state index contributed by atoms with van der Waals surface area (Å²) >= 11 is 0. The average molecular weight is 147 g/mol. The number of carbonyl (C=O) groups is 1. The number of aromatic nitrogens is 1. The number of aldehydes is 1. The molecule has 0 unspecified atom stereocenters. The molecule has 0 atom stereocenters. The summed E-state index contributed by atoms with van der Waals surface area (Å²) in [4.78, 5) is 14.1. The van der Waals surface area contributed by atoms with Crippen LogP contribution in [0.3, 0.4) is 0 Å². The SMILES string of the molecule is CC(C=O)=Cc1cccnc1. The van der Waals surface area contributed by atoms with Gasteiger partial charge in [0.1, 0.15) is 6.29 Å². The highest BCUT2D eigenvalue weighted by Crippen LogP contribution is 2.01. The Labute approximate surface area is 65.6 Å². The Bertz CT molecular complexity index is 264. The number of carbonyl (C=O) groups excluding carboxylic acids is 1. The maximum Gasteiger partial charge on any atom is 0.145 e. The molecule has 0 N–H and O–H groups in total. The molecule has 1 rings (SSSR count). The van der Waals surface area contributed by atoms with Crippen LogP contribution in [0.2, 0.25) is 0 Å². The third-order valence-corrected chi connectivity index (χ3v) is 1.26. The summed E-state index contributed by atoms with van der Waals surface area (Å²) in [6.07, 6.45) is 6.04. The number of hydrogen-bond donors (Lipinski definition) is 0. The van der Waals surface area contributed by atoms with E-state index in [1.807, 2.05) is 12.1 Å². The minimum Gasteiger partial charge on any atom is -0.298 e. The van der Waals surface area contributed by atoms with Crippen LogP contribution in [0, 0.1) is 0 Å². The Balaban J connectivity index is 2.87. The van der Waals surface area contributed by atoms with Crippen LogP contribution < -0.4 is 0 Å². The number of pyridine rings is 1. The van der Waals surface area contributed by atoms with Gasteiger partial charge in [0.15, 0.2) is 0 Å². The quantitative estimate of drug-likeness (QED) is 0.470. The zero-order chi connectivity index (χ0) is 8.10. The van der Waals surface area contributed by atoms with Crippen molar-refractivity contribution in [2.45, 2.75) is 6.92 Å². The Hall–Kier alpha value is -1.44. The van der Waals surface area contributed by atoms with Crippen molar-refractivity contribution >= 4 is 12.4 Å². The number of allylic oxidation sites excluding steroid dienone is 1. The van der Waals surface area contributed by atoms with Crippen molar-refractivity contribution in [3.63, 3.8) is 0 Å². The van der Waals surface area contributed by atoms with Gasteiger partial charge in [-0.3, -0.25) is 9.78 Å². The lowest BCUT2D eigenvalue weighted by Crippen LogP contribution is -1.78. The molecule has 1 aromatic rings. The molecule has 1 aromatic heterocycles. The maximum atomic E-state index is 10.2. The van der Waals surface area contributed by atoms with Gasteiger partial charge in [0.25, 0.3) is 0 Å². The second-order valence-electron chi connectivity index (χ2n) is 2.29. The van der Waals surface area contributed by atoms with Crippen LogP contribution in [0.25, 0.3) is 6.08 Å². The molecule has 0 saturated heterocycles. The van der Waals surface area contributed by atoms with Crippen LogP contribution in [0.4, 0.5) is 0 Å². The molecule has 0 amide bonds. The third kappa shape index (κ3) is 2.34. The molecule has 1 heterocycles. The van der Waals surface area contributed by atoms with Crippen molar-refractivity contribution < 1.29 is 4.79 Å². The standard InChI is InChI=1S/C9H9NO/c1-8(7-11)5-9-3-2-4-10-6-9/h2-7H,1H3. The van der Waals surface area contributed by atoms with E-state index in [9.17, 15) is 4.79 Å². The fourth-order valence-electron chi connectivity index (χ4n) is 0.758. The molecule has 0 spiro atoms. The van der Waals surface area contributed by atoms with E-state index < -0.39 is 0 Å². The van der Waals surface area contributed by atoms with Gasteiger partial charge >= 0.3 is 0 Å². The van der Waals surface area contributed by atoms with E-state index in [0.29, 0.717) is 5.57 Å². The van der Waals surface area contributed by atoms with Crippen molar-refractivity contribution in [1.29, 1.82) is 0 Å². The lowest BCUT2D eigenvalue weighted by Gasteiger charge is -1.90. The van der Waals surface area contributed by atoms with Crippen molar-refractivity contribution in [2.75, 3.05) is 0 Å². The minimum atomic E-state index is 0.706. The smallest absolute Gasteiger partial charge is 0.145 e. The monoisotopic (exact) mass is 147 g/mol. The van der Waals surface area contributed by atoms with Gasteiger partial charge < -0.3 is 0 Å². The zero-order valence-electron chi connectivity index (χ0n) is 6.32. The second-order valence-corrected chi connectivity index (χ2v) is 2.29. The first kappa shape index (κ1) is 7.66. The summed E-state index contributed by atoms with van der Waals surface area (Å²) in [5.74, 6) is 0. The zero-order valence-corrected chi connectivity index (χ0v) is 6.32. The topological polar surface area (TPSA) is 30.0 Å². The normalized spacial score (nSPS) is 11.2. The number of hydrogen-bond acceptors (Lipinski definition) is 2. The minimum absolute atomic E-state index is 0.706. The predicted molar refractivity (Wildman–Crippen MR) is 44.0 cm³/mol. The molecule has 2 heteroatoms. The Morgan fingerprint density at radius 3 is 3.00 bits per heavy atom. The van der Waals surface area contributed by atoms with Gasteiger partial charge in [-0.2, -0.15) is 0 Å². The molecule has 0 aliphatic carbocycles. The van der Waals surface area contributed by atoms with Gasteiger partial charge in [-0.15, -0.1) is 0 Å². The van der Waals surface area contributed by atoms with Gasteiger partial charge in [-0.1, -0.05) is 6.07 Å². The van der Waals surface area contributed by atoms with Gasteiger partial charge in [-0.05, 0) is 30.2 Å². The largest absolute Gasteiger partial charge is 0.298 e. The van der Waals surface area contributed by atoms with Gasteiger partial charge in [0, 0.05) is 12.4 Å². The summed E-state index contributed by atoms with van der Waals surface area (Å²) in [5, 5.41) is 0. The molecule has 11 heavy (non-hydrogen) atoms. The second kappa shape index (κ2) is 3.66. The van der Waals surface area contributed by atoms with Crippen LogP contribution in [0.15, 0.2) is 30.1 Å². The van der Waals surface area contributed by atoms with Crippen LogP contribution in [0.1, 0.15) is 12.5 Å². The molecule has 0 bridgehead atoms. The third-order valence-electron chi connectivity index (χ3n) is 1.26. The lowest BCUT2D eigenvalue weighted by atomic mass is 10.2. The maximum absolute atomic E-state index is 10.2. The van der Waals surface area contributed by atoms with Gasteiger partial charge in [0.2, 0.25) is 0 Å². The van der Waals surface area contributed by atoms with Crippen LogP contribution in [-0.4, -0.2) is 11.3 Å².